The normalized spacial score (nSPS) is 10.0. The number of hydrogen-bond donors (Lipinski definition) is 0. The Kier molecular flexibility index (Phi) is 3.29. The van der Waals surface area contributed by atoms with Crippen LogP contribution in [0.25, 0.3) is 11.1 Å². The lowest BCUT2D eigenvalue weighted by Crippen LogP contribution is -1.77. The Labute approximate surface area is 102 Å². The minimum atomic E-state index is 1.10. The van der Waals surface area contributed by atoms with Gasteiger partial charge in [-0.25, -0.2) is 0 Å². The lowest BCUT2D eigenvalue weighted by Gasteiger charge is -1.98. The van der Waals surface area contributed by atoms with E-state index < -0.39 is 0 Å². The van der Waals surface area contributed by atoms with Crippen molar-refractivity contribution in [1.29, 1.82) is 0 Å². The van der Waals surface area contributed by atoms with Crippen LogP contribution in [0, 0.1) is 24.7 Å². The first-order valence-electron chi connectivity index (χ1n) is 5.44. The van der Waals surface area contributed by atoms with E-state index in [9.17, 15) is 0 Å². The Morgan fingerprint density at radius 3 is 1.53 bits per heavy atom. The van der Waals surface area contributed by atoms with Crippen LogP contribution in [-0.4, -0.2) is 0 Å². The van der Waals surface area contributed by atoms with Gasteiger partial charge >= 0.3 is 0 Å². The molecule has 0 N–H and O–H groups in total. The monoisotopic (exact) mass is 216 g/mol. The van der Waals surface area contributed by atoms with Crippen LogP contribution in [0.4, 0.5) is 0 Å². The summed E-state index contributed by atoms with van der Waals surface area (Å²) in [5.74, 6) is 3.92. The van der Waals surface area contributed by atoms with Crippen molar-refractivity contribution in [3.8, 4) is 35.8 Å². The molecule has 0 saturated heterocycles. The smallest absolute Gasteiger partial charge is 0.00135 e. The highest BCUT2D eigenvalue weighted by atomic mass is 14.2. The summed E-state index contributed by atoms with van der Waals surface area (Å²) in [6.45, 7) is 0. The van der Waals surface area contributed by atoms with E-state index in [1.807, 2.05) is 11.8 Å². The molecule has 0 unspecified atom stereocenters. The molecule has 80 valence electrons. The number of fused-ring (bicyclic) bond motifs is 3. The van der Waals surface area contributed by atoms with E-state index in [-0.39, 0.29) is 0 Å². The molecule has 0 aliphatic heterocycles. The molecule has 17 heavy (non-hydrogen) atoms. The first-order chi connectivity index (χ1) is 8.36. The van der Waals surface area contributed by atoms with Gasteiger partial charge < -0.3 is 0 Å². The molecule has 0 saturated carbocycles. The molecule has 3 rings (SSSR count). The van der Waals surface area contributed by atoms with Gasteiger partial charge in [-0.15, -0.1) is 12.8 Å². The maximum absolute atomic E-state index is 4.54. The number of rotatable bonds is 0. The second kappa shape index (κ2) is 5.06. The Hall–Kier alpha value is -2.44. The fourth-order valence-corrected chi connectivity index (χ4v) is 2.08. The van der Waals surface area contributed by atoms with Crippen LogP contribution >= 0.6 is 0 Å². The third kappa shape index (κ3) is 2.22. The van der Waals surface area contributed by atoms with E-state index in [0.717, 1.165) is 6.42 Å². The number of benzene rings is 2. The predicted octanol–water partition coefficient (Wildman–Crippen LogP) is 3.51. The highest BCUT2D eigenvalue weighted by Gasteiger charge is 2.15. The Bertz CT molecular complexity index is 551. The molecule has 1 aliphatic rings. The van der Waals surface area contributed by atoms with Crippen molar-refractivity contribution in [3.05, 3.63) is 59.7 Å². The van der Waals surface area contributed by atoms with Crippen molar-refractivity contribution >= 4 is 0 Å². The number of terminal acetylenes is 2. The van der Waals surface area contributed by atoms with Crippen LogP contribution in [0.1, 0.15) is 11.1 Å². The fourth-order valence-electron chi connectivity index (χ4n) is 2.08. The molecule has 0 radical (unpaired) electrons. The molecule has 0 atom stereocenters. The van der Waals surface area contributed by atoms with Crippen LogP contribution in [-0.2, 0) is 6.42 Å². The van der Waals surface area contributed by atoms with Gasteiger partial charge in [-0.2, -0.15) is 0 Å². The third-order valence-corrected chi connectivity index (χ3v) is 2.79. The SMILES string of the molecule is C#CC#C.c1ccc2c(c1)Cc1ccccc1-2. The third-order valence-electron chi connectivity index (χ3n) is 2.79. The first-order valence-corrected chi connectivity index (χ1v) is 5.44. The van der Waals surface area contributed by atoms with Crippen molar-refractivity contribution in [2.75, 3.05) is 0 Å². The molecule has 0 nitrogen and oxygen atoms in total. The van der Waals surface area contributed by atoms with Gasteiger partial charge in [-0.3, -0.25) is 0 Å². The largest absolute Gasteiger partial charge is 0.106 e. The maximum atomic E-state index is 4.54. The van der Waals surface area contributed by atoms with Crippen LogP contribution in [0.3, 0.4) is 0 Å². The van der Waals surface area contributed by atoms with Gasteiger partial charge in [-0.1, -0.05) is 48.5 Å². The summed E-state index contributed by atoms with van der Waals surface area (Å²) < 4.78 is 0. The molecular weight excluding hydrogens is 204 g/mol. The molecule has 0 bridgehead atoms. The summed E-state index contributed by atoms with van der Waals surface area (Å²) in [5.41, 5.74) is 5.75. The molecule has 0 fully saturated rings. The molecule has 0 heterocycles. The lowest BCUT2D eigenvalue weighted by molar-refractivity contribution is 1.26. The molecule has 0 amide bonds. The van der Waals surface area contributed by atoms with Crippen molar-refractivity contribution in [2.24, 2.45) is 0 Å². The molecule has 0 aromatic heterocycles. The van der Waals surface area contributed by atoms with Crippen LogP contribution in [0.2, 0.25) is 0 Å². The van der Waals surface area contributed by atoms with Gasteiger partial charge in [0.25, 0.3) is 0 Å². The summed E-state index contributed by atoms with van der Waals surface area (Å²) in [7, 11) is 0. The molecule has 2 aromatic rings. The minimum Gasteiger partial charge on any atom is -0.106 e. The average molecular weight is 216 g/mol. The van der Waals surface area contributed by atoms with Gasteiger partial charge in [0.2, 0.25) is 0 Å². The number of hydrogen-bond acceptors (Lipinski definition) is 0. The van der Waals surface area contributed by atoms with Crippen molar-refractivity contribution in [1.82, 2.24) is 0 Å². The Balaban J connectivity index is 0.000000239. The summed E-state index contributed by atoms with van der Waals surface area (Å²) in [4.78, 5) is 0. The van der Waals surface area contributed by atoms with Crippen molar-refractivity contribution in [3.63, 3.8) is 0 Å². The quantitative estimate of drug-likeness (QED) is 0.504. The van der Waals surface area contributed by atoms with Gasteiger partial charge in [-0.05, 0) is 40.5 Å². The molecular formula is C17H12. The van der Waals surface area contributed by atoms with E-state index in [1.54, 1.807) is 0 Å². The zero-order valence-corrected chi connectivity index (χ0v) is 9.48. The van der Waals surface area contributed by atoms with Gasteiger partial charge in [0, 0.05) is 0 Å². The van der Waals surface area contributed by atoms with E-state index in [4.69, 9.17) is 0 Å². The van der Waals surface area contributed by atoms with E-state index in [2.05, 4.69) is 61.4 Å². The highest BCUT2D eigenvalue weighted by molar-refractivity contribution is 5.76. The summed E-state index contributed by atoms with van der Waals surface area (Å²) >= 11 is 0. The average Bonchev–Trinajstić information content (AvgIpc) is 2.77. The lowest BCUT2D eigenvalue weighted by atomic mass is 10.1. The van der Waals surface area contributed by atoms with Gasteiger partial charge in [0.1, 0.15) is 0 Å². The second-order valence-electron chi connectivity index (χ2n) is 3.78. The summed E-state index contributed by atoms with van der Waals surface area (Å²) in [6, 6.07) is 17.3. The van der Waals surface area contributed by atoms with E-state index in [1.165, 1.54) is 22.3 Å². The van der Waals surface area contributed by atoms with Crippen LogP contribution in [0.15, 0.2) is 48.5 Å². The Morgan fingerprint density at radius 2 is 1.12 bits per heavy atom. The van der Waals surface area contributed by atoms with E-state index in [0.29, 0.717) is 0 Å². The molecule has 0 spiro atoms. The van der Waals surface area contributed by atoms with Crippen LogP contribution in [0.5, 0.6) is 0 Å². The summed E-state index contributed by atoms with van der Waals surface area (Å²) in [6.07, 6.45) is 10.2. The topological polar surface area (TPSA) is 0 Å². The van der Waals surface area contributed by atoms with Gasteiger partial charge in [0.15, 0.2) is 0 Å². The molecule has 2 aromatic carbocycles. The van der Waals surface area contributed by atoms with Crippen molar-refractivity contribution in [2.45, 2.75) is 6.42 Å². The highest BCUT2D eigenvalue weighted by Crippen LogP contribution is 2.35. The van der Waals surface area contributed by atoms with E-state index >= 15 is 0 Å². The maximum Gasteiger partial charge on any atom is -0.00135 e. The Morgan fingerprint density at radius 1 is 0.706 bits per heavy atom. The summed E-state index contributed by atoms with van der Waals surface area (Å²) in [5, 5.41) is 0. The second-order valence-corrected chi connectivity index (χ2v) is 3.78. The van der Waals surface area contributed by atoms with Crippen molar-refractivity contribution < 1.29 is 0 Å². The zero-order valence-electron chi connectivity index (χ0n) is 9.48. The molecule has 1 aliphatic carbocycles. The zero-order chi connectivity index (χ0) is 12.1. The van der Waals surface area contributed by atoms with Gasteiger partial charge in [0.05, 0.1) is 0 Å². The standard InChI is InChI=1S/C13H10.C4H2/c1-3-7-12-10(5-1)9-11-6-2-4-8-13(11)12;1-3-4-2/h1-8H,9H2;1-2H. The molecule has 0 heteroatoms. The predicted molar refractivity (Wildman–Crippen MR) is 72.4 cm³/mol. The first kappa shape index (κ1) is 11.1. The minimum absolute atomic E-state index is 1.10. The van der Waals surface area contributed by atoms with Crippen LogP contribution < -0.4 is 0 Å². The fraction of sp³-hybridized carbons (Fsp3) is 0.0588.